The number of halogens is 2. The van der Waals surface area contributed by atoms with Crippen molar-refractivity contribution in [3.05, 3.63) is 35.4 Å². The minimum Gasteiger partial charge on any atom is -0.386 e. The van der Waals surface area contributed by atoms with Gasteiger partial charge in [-0.3, -0.25) is 4.90 Å². The predicted molar refractivity (Wildman–Crippen MR) is 66.2 cm³/mol. The molecule has 0 amide bonds. The van der Waals surface area contributed by atoms with Gasteiger partial charge in [0.2, 0.25) is 0 Å². The Balaban J connectivity index is 2.28. The molecule has 0 saturated carbocycles. The SMILES string of the molecule is CC(C)(C(O)c1cc(F)ccc1F)N1CCCC1. The lowest BCUT2D eigenvalue weighted by Gasteiger charge is -2.39. The first-order valence-corrected chi connectivity index (χ1v) is 6.31. The molecule has 0 bridgehead atoms. The predicted octanol–water partition coefficient (Wildman–Crippen LogP) is 2.87. The van der Waals surface area contributed by atoms with Crippen molar-refractivity contribution in [1.29, 1.82) is 0 Å². The lowest BCUT2D eigenvalue weighted by atomic mass is 9.89. The molecule has 1 N–H and O–H groups in total. The highest BCUT2D eigenvalue weighted by molar-refractivity contribution is 5.24. The maximum Gasteiger partial charge on any atom is 0.129 e. The number of hydrogen-bond acceptors (Lipinski definition) is 2. The molecular formula is C14H19F2NO. The minimum atomic E-state index is -1.04. The molecule has 2 nitrogen and oxygen atoms in total. The number of aliphatic hydroxyl groups is 1. The molecule has 1 aliphatic heterocycles. The lowest BCUT2D eigenvalue weighted by molar-refractivity contribution is -0.000831. The highest BCUT2D eigenvalue weighted by Crippen LogP contribution is 2.34. The summed E-state index contributed by atoms with van der Waals surface area (Å²) >= 11 is 0. The number of rotatable bonds is 3. The van der Waals surface area contributed by atoms with E-state index in [1.807, 2.05) is 13.8 Å². The second-order valence-corrected chi connectivity index (χ2v) is 5.42. The molecule has 1 unspecified atom stereocenters. The normalized spacial score (nSPS) is 19.2. The van der Waals surface area contributed by atoms with E-state index in [2.05, 4.69) is 4.90 Å². The number of benzene rings is 1. The van der Waals surface area contributed by atoms with Gasteiger partial charge in [0.1, 0.15) is 11.6 Å². The molecular weight excluding hydrogens is 236 g/mol. The smallest absolute Gasteiger partial charge is 0.129 e. The van der Waals surface area contributed by atoms with Gasteiger partial charge in [0.15, 0.2) is 0 Å². The molecule has 1 saturated heterocycles. The molecule has 1 aromatic rings. The van der Waals surface area contributed by atoms with E-state index in [9.17, 15) is 13.9 Å². The summed E-state index contributed by atoms with van der Waals surface area (Å²) in [7, 11) is 0. The molecule has 100 valence electrons. The van der Waals surface area contributed by atoms with Crippen molar-refractivity contribution in [1.82, 2.24) is 4.90 Å². The quantitative estimate of drug-likeness (QED) is 0.897. The number of hydrogen-bond donors (Lipinski definition) is 1. The van der Waals surface area contributed by atoms with Gasteiger partial charge in [0.05, 0.1) is 6.10 Å². The third-order valence-electron chi connectivity index (χ3n) is 3.84. The second kappa shape index (κ2) is 4.94. The number of nitrogens with zero attached hydrogens (tertiary/aromatic N) is 1. The molecule has 1 fully saturated rings. The average Bonchev–Trinajstić information content (AvgIpc) is 2.85. The van der Waals surface area contributed by atoms with Crippen molar-refractivity contribution in [2.75, 3.05) is 13.1 Å². The van der Waals surface area contributed by atoms with Crippen LogP contribution in [-0.2, 0) is 0 Å². The fourth-order valence-corrected chi connectivity index (χ4v) is 2.57. The Morgan fingerprint density at radius 2 is 1.83 bits per heavy atom. The van der Waals surface area contributed by atoms with E-state index >= 15 is 0 Å². The van der Waals surface area contributed by atoms with Gasteiger partial charge in [0, 0.05) is 11.1 Å². The maximum absolute atomic E-state index is 13.7. The first-order chi connectivity index (χ1) is 8.43. The Labute approximate surface area is 106 Å². The van der Waals surface area contributed by atoms with Crippen LogP contribution in [0.2, 0.25) is 0 Å². The highest BCUT2D eigenvalue weighted by Gasteiger charge is 2.37. The Kier molecular flexibility index (Phi) is 3.69. The summed E-state index contributed by atoms with van der Waals surface area (Å²) in [6.45, 7) is 5.52. The van der Waals surface area contributed by atoms with Crippen LogP contribution in [0.5, 0.6) is 0 Å². The van der Waals surface area contributed by atoms with Gasteiger partial charge in [-0.05, 0) is 58.0 Å². The monoisotopic (exact) mass is 255 g/mol. The molecule has 1 atom stereocenters. The fraction of sp³-hybridized carbons (Fsp3) is 0.571. The van der Waals surface area contributed by atoms with Gasteiger partial charge in [-0.15, -0.1) is 0 Å². The van der Waals surface area contributed by atoms with Crippen molar-refractivity contribution in [3.63, 3.8) is 0 Å². The van der Waals surface area contributed by atoms with Gasteiger partial charge in [0.25, 0.3) is 0 Å². The third kappa shape index (κ3) is 2.40. The van der Waals surface area contributed by atoms with Crippen molar-refractivity contribution in [3.8, 4) is 0 Å². The molecule has 0 radical (unpaired) electrons. The van der Waals surface area contributed by atoms with Crippen LogP contribution in [0.1, 0.15) is 38.4 Å². The van der Waals surface area contributed by atoms with E-state index in [1.54, 1.807) is 0 Å². The van der Waals surface area contributed by atoms with Gasteiger partial charge in [-0.1, -0.05) is 0 Å². The van der Waals surface area contributed by atoms with Crippen molar-refractivity contribution in [2.45, 2.75) is 38.3 Å². The van der Waals surface area contributed by atoms with Crippen LogP contribution >= 0.6 is 0 Å². The zero-order valence-electron chi connectivity index (χ0n) is 10.8. The molecule has 1 aromatic carbocycles. The lowest BCUT2D eigenvalue weighted by Crippen LogP contribution is -2.47. The van der Waals surface area contributed by atoms with E-state index in [0.29, 0.717) is 0 Å². The second-order valence-electron chi connectivity index (χ2n) is 5.42. The van der Waals surface area contributed by atoms with Crippen LogP contribution in [-0.4, -0.2) is 28.6 Å². The third-order valence-corrected chi connectivity index (χ3v) is 3.84. The molecule has 1 heterocycles. The largest absolute Gasteiger partial charge is 0.386 e. The highest BCUT2D eigenvalue weighted by atomic mass is 19.1. The average molecular weight is 255 g/mol. The van der Waals surface area contributed by atoms with E-state index in [4.69, 9.17) is 0 Å². The van der Waals surface area contributed by atoms with Gasteiger partial charge >= 0.3 is 0 Å². The maximum atomic E-state index is 13.7. The summed E-state index contributed by atoms with van der Waals surface area (Å²) in [4.78, 5) is 2.13. The molecule has 0 aliphatic carbocycles. The first kappa shape index (κ1) is 13.4. The molecule has 0 aromatic heterocycles. The van der Waals surface area contributed by atoms with Crippen LogP contribution in [0.25, 0.3) is 0 Å². The summed E-state index contributed by atoms with van der Waals surface area (Å²) < 4.78 is 26.9. The first-order valence-electron chi connectivity index (χ1n) is 6.31. The van der Waals surface area contributed by atoms with Gasteiger partial charge in [-0.2, -0.15) is 0 Å². The van der Waals surface area contributed by atoms with Crippen LogP contribution in [0.4, 0.5) is 8.78 Å². The summed E-state index contributed by atoms with van der Waals surface area (Å²) in [5.74, 6) is -1.08. The van der Waals surface area contributed by atoms with Gasteiger partial charge < -0.3 is 5.11 Å². The summed E-state index contributed by atoms with van der Waals surface area (Å²) in [6, 6.07) is 3.21. The summed E-state index contributed by atoms with van der Waals surface area (Å²) in [5, 5.41) is 10.4. The van der Waals surface area contributed by atoms with Crippen molar-refractivity contribution in [2.24, 2.45) is 0 Å². The molecule has 1 aliphatic rings. The van der Waals surface area contributed by atoms with Crippen LogP contribution in [0.15, 0.2) is 18.2 Å². The van der Waals surface area contributed by atoms with Crippen LogP contribution in [0, 0.1) is 11.6 Å². The molecule has 4 heteroatoms. The van der Waals surface area contributed by atoms with Crippen LogP contribution < -0.4 is 0 Å². The van der Waals surface area contributed by atoms with E-state index in [0.717, 1.165) is 44.1 Å². The van der Waals surface area contributed by atoms with Crippen LogP contribution in [0.3, 0.4) is 0 Å². The van der Waals surface area contributed by atoms with E-state index in [1.165, 1.54) is 0 Å². The Morgan fingerprint density at radius 3 is 2.44 bits per heavy atom. The zero-order valence-corrected chi connectivity index (χ0v) is 10.8. The standard InChI is InChI=1S/C14H19F2NO/c1-14(2,17-7-3-4-8-17)13(18)11-9-10(15)5-6-12(11)16/h5-6,9,13,18H,3-4,7-8H2,1-2H3. The number of likely N-dealkylation sites (tertiary alicyclic amines) is 1. The molecule has 0 spiro atoms. The molecule has 18 heavy (non-hydrogen) atoms. The van der Waals surface area contributed by atoms with Crippen molar-refractivity contribution < 1.29 is 13.9 Å². The summed E-state index contributed by atoms with van der Waals surface area (Å²) in [5.41, 5.74) is -0.558. The molecule has 2 rings (SSSR count). The number of aliphatic hydroxyl groups excluding tert-OH is 1. The topological polar surface area (TPSA) is 23.5 Å². The zero-order chi connectivity index (χ0) is 13.3. The Morgan fingerprint density at radius 1 is 1.22 bits per heavy atom. The van der Waals surface area contributed by atoms with E-state index in [-0.39, 0.29) is 5.56 Å². The van der Waals surface area contributed by atoms with Crippen molar-refractivity contribution >= 4 is 0 Å². The Hall–Kier alpha value is -1.00. The Bertz CT molecular complexity index is 428. The minimum absolute atomic E-state index is 0.0342. The van der Waals surface area contributed by atoms with Gasteiger partial charge in [-0.25, -0.2) is 8.78 Å². The van der Waals surface area contributed by atoms with E-state index < -0.39 is 23.3 Å². The summed E-state index contributed by atoms with van der Waals surface area (Å²) in [6.07, 6.45) is 1.13. The fourth-order valence-electron chi connectivity index (χ4n) is 2.57.